The zero-order chi connectivity index (χ0) is 29.5. The molecular formula is C32H39ClN4O5. The molecule has 0 saturated carbocycles. The van der Waals surface area contributed by atoms with Crippen LogP contribution in [0.3, 0.4) is 0 Å². The fraction of sp³-hybridized carbons (Fsp3) is 0.375. The normalized spacial score (nSPS) is 15.3. The first-order valence-corrected chi connectivity index (χ1v) is 14.0. The second-order valence-corrected chi connectivity index (χ2v) is 10.4. The summed E-state index contributed by atoms with van der Waals surface area (Å²) in [5, 5.41) is 7.91. The molecule has 3 aromatic rings. The number of rotatable bonds is 10. The number of benzene rings is 3. The quantitative estimate of drug-likeness (QED) is 0.268. The molecule has 4 rings (SSSR count). The molecule has 42 heavy (non-hydrogen) atoms. The number of likely N-dealkylation sites (N-methyl/N-ethyl adjacent to an activating group) is 1. The van der Waals surface area contributed by atoms with Gasteiger partial charge in [0.1, 0.15) is 6.04 Å². The van der Waals surface area contributed by atoms with E-state index in [0.29, 0.717) is 24.2 Å². The summed E-state index contributed by atoms with van der Waals surface area (Å²) in [6, 6.07) is 18.0. The predicted octanol–water partition coefficient (Wildman–Crippen LogP) is 4.28. The fourth-order valence-electron chi connectivity index (χ4n) is 5.12. The summed E-state index contributed by atoms with van der Waals surface area (Å²) >= 11 is 0. The largest absolute Gasteiger partial charge is 0.469 e. The average Bonchev–Trinajstić information content (AvgIpc) is 3.10. The van der Waals surface area contributed by atoms with E-state index in [1.165, 1.54) is 7.11 Å². The number of anilines is 2. The Morgan fingerprint density at radius 2 is 1.64 bits per heavy atom. The zero-order valence-electron chi connectivity index (χ0n) is 24.5. The van der Waals surface area contributed by atoms with Crippen molar-refractivity contribution < 1.29 is 23.9 Å². The first kappa shape index (κ1) is 32.6. The number of carbonyl (C=O) groups is 4. The van der Waals surface area contributed by atoms with Crippen molar-refractivity contribution in [2.75, 3.05) is 30.5 Å². The van der Waals surface area contributed by atoms with Gasteiger partial charge in [-0.15, -0.1) is 12.4 Å². The van der Waals surface area contributed by atoms with Gasteiger partial charge in [-0.1, -0.05) is 48.5 Å². The molecule has 3 amide bonds. The SMILES string of the molecule is CN[C@@H](C)C(=O)N[C@H]1CN(C(=O)CCCCC(=O)OC)c2ccccc2N(Cc2c(C)ccc3ccccc23)C1=O.Cl. The van der Waals surface area contributed by atoms with Gasteiger partial charge < -0.3 is 25.2 Å². The van der Waals surface area contributed by atoms with Crippen molar-refractivity contribution in [2.24, 2.45) is 0 Å². The number of nitrogens with one attached hydrogen (secondary N) is 2. The van der Waals surface area contributed by atoms with E-state index in [2.05, 4.69) is 16.7 Å². The summed E-state index contributed by atoms with van der Waals surface area (Å²) in [7, 11) is 3.02. The summed E-state index contributed by atoms with van der Waals surface area (Å²) in [6.07, 6.45) is 1.43. The summed E-state index contributed by atoms with van der Waals surface area (Å²) in [5.41, 5.74) is 3.25. The summed E-state index contributed by atoms with van der Waals surface area (Å²) in [6.45, 7) is 4.01. The lowest BCUT2D eigenvalue weighted by atomic mass is 9.99. The van der Waals surface area contributed by atoms with Crippen molar-refractivity contribution in [3.05, 3.63) is 71.8 Å². The number of para-hydroxylation sites is 2. The Kier molecular flexibility index (Phi) is 11.5. The topological polar surface area (TPSA) is 108 Å². The number of aryl methyl sites for hydroxylation is 1. The Morgan fingerprint density at radius 1 is 0.976 bits per heavy atom. The van der Waals surface area contributed by atoms with Crippen LogP contribution >= 0.6 is 12.4 Å². The third-order valence-corrected chi connectivity index (χ3v) is 7.68. The second-order valence-electron chi connectivity index (χ2n) is 10.4. The highest BCUT2D eigenvalue weighted by molar-refractivity contribution is 6.08. The van der Waals surface area contributed by atoms with Crippen molar-refractivity contribution in [3.63, 3.8) is 0 Å². The number of amides is 3. The molecule has 0 radical (unpaired) electrons. The molecule has 2 atom stereocenters. The van der Waals surface area contributed by atoms with Crippen molar-refractivity contribution in [1.82, 2.24) is 10.6 Å². The van der Waals surface area contributed by atoms with Gasteiger partial charge in [0, 0.05) is 12.8 Å². The fourth-order valence-corrected chi connectivity index (χ4v) is 5.12. The van der Waals surface area contributed by atoms with E-state index in [-0.39, 0.29) is 62.0 Å². The predicted molar refractivity (Wildman–Crippen MR) is 167 cm³/mol. The second kappa shape index (κ2) is 14.8. The third-order valence-electron chi connectivity index (χ3n) is 7.68. The molecule has 0 fully saturated rings. The number of methoxy groups -OCH3 is 1. The van der Waals surface area contributed by atoms with E-state index in [4.69, 9.17) is 4.74 Å². The number of halogens is 1. The first-order chi connectivity index (χ1) is 19.7. The van der Waals surface area contributed by atoms with Crippen LogP contribution in [0.25, 0.3) is 10.8 Å². The highest BCUT2D eigenvalue weighted by atomic mass is 35.5. The van der Waals surface area contributed by atoms with E-state index in [0.717, 1.165) is 21.9 Å². The lowest BCUT2D eigenvalue weighted by Gasteiger charge is -2.27. The third kappa shape index (κ3) is 7.27. The van der Waals surface area contributed by atoms with Gasteiger partial charge in [-0.3, -0.25) is 19.2 Å². The summed E-state index contributed by atoms with van der Waals surface area (Å²) in [5.74, 6) is -1.12. The minimum absolute atomic E-state index is 0. The van der Waals surface area contributed by atoms with Gasteiger partial charge in [-0.05, 0) is 67.8 Å². The molecule has 0 aromatic heterocycles. The molecule has 10 heteroatoms. The highest BCUT2D eigenvalue weighted by Gasteiger charge is 2.37. The number of fused-ring (bicyclic) bond motifs is 2. The number of ether oxygens (including phenoxy) is 1. The number of carbonyl (C=O) groups excluding carboxylic acids is 4. The Labute approximate surface area is 253 Å². The van der Waals surface area contributed by atoms with Crippen molar-refractivity contribution in [3.8, 4) is 0 Å². The van der Waals surface area contributed by atoms with Gasteiger partial charge in [0.2, 0.25) is 11.8 Å². The summed E-state index contributed by atoms with van der Waals surface area (Å²) < 4.78 is 4.70. The molecule has 0 saturated heterocycles. The molecule has 1 heterocycles. The van der Waals surface area contributed by atoms with Gasteiger partial charge in [-0.2, -0.15) is 0 Å². The number of unbranched alkanes of at least 4 members (excludes halogenated alkanes) is 1. The molecule has 0 bridgehead atoms. The molecule has 1 aliphatic rings. The van der Waals surface area contributed by atoms with Crippen molar-refractivity contribution in [1.29, 1.82) is 0 Å². The van der Waals surface area contributed by atoms with E-state index < -0.39 is 12.1 Å². The van der Waals surface area contributed by atoms with E-state index in [1.54, 1.807) is 23.8 Å². The molecular weight excluding hydrogens is 556 g/mol. The van der Waals surface area contributed by atoms with Gasteiger partial charge in [0.05, 0.1) is 37.6 Å². The zero-order valence-corrected chi connectivity index (χ0v) is 25.3. The van der Waals surface area contributed by atoms with Gasteiger partial charge in [-0.25, -0.2) is 0 Å². The Balaban J connectivity index is 0.00000484. The molecule has 0 unspecified atom stereocenters. The van der Waals surface area contributed by atoms with Crippen LogP contribution in [0.2, 0.25) is 0 Å². The van der Waals surface area contributed by atoms with Gasteiger partial charge in [0.25, 0.3) is 5.91 Å². The maximum absolute atomic E-state index is 14.2. The number of nitrogens with zero attached hydrogens (tertiary/aromatic N) is 2. The highest BCUT2D eigenvalue weighted by Crippen LogP contribution is 2.36. The van der Waals surface area contributed by atoms with Crippen LogP contribution in [0.15, 0.2) is 60.7 Å². The molecule has 3 aromatic carbocycles. The smallest absolute Gasteiger partial charge is 0.305 e. The lowest BCUT2D eigenvalue weighted by molar-refractivity contribution is -0.140. The van der Waals surface area contributed by atoms with Crippen LogP contribution in [0, 0.1) is 6.92 Å². The molecule has 1 aliphatic heterocycles. The first-order valence-electron chi connectivity index (χ1n) is 14.0. The van der Waals surface area contributed by atoms with Crippen molar-refractivity contribution >= 4 is 58.2 Å². The Morgan fingerprint density at radius 3 is 2.36 bits per heavy atom. The van der Waals surface area contributed by atoms with Crippen LogP contribution in [0.1, 0.15) is 43.7 Å². The van der Waals surface area contributed by atoms with E-state index >= 15 is 0 Å². The molecule has 0 spiro atoms. The van der Waals surface area contributed by atoms with E-state index in [1.807, 2.05) is 61.5 Å². The van der Waals surface area contributed by atoms with Crippen LogP contribution in [0.5, 0.6) is 0 Å². The number of hydrogen-bond donors (Lipinski definition) is 2. The maximum atomic E-state index is 14.2. The molecule has 2 N–H and O–H groups in total. The minimum atomic E-state index is -0.958. The van der Waals surface area contributed by atoms with Gasteiger partial charge >= 0.3 is 5.97 Å². The molecule has 224 valence electrons. The monoisotopic (exact) mass is 594 g/mol. The Bertz CT molecular complexity index is 1450. The van der Waals surface area contributed by atoms with Crippen LogP contribution in [-0.2, 0) is 30.5 Å². The van der Waals surface area contributed by atoms with E-state index in [9.17, 15) is 19.2 Å². The minimum Gasteiger partial charge on any atom is -0.469 e. The number of esters is 1. The summed E-state index contributed by atoms with van der Waals surface area (Å²) in [4.78, 5) is 55.6. The molecule has 0 aliphatic carbocycles. The molecule has 9 nitrogen and oxygen atoms in total. The lowest BCUT2D eigenvalue weighted by Crippen LogP contribution is -2.55. The van der Waals surface area contributed by atoms with Gasteiger partial charge in [0.15, 0.2) is 0 Å². The van der Waals surface area contributed by atoms with Crippen LogP contribution in [0.4, 0.5) is 11.4 Å². The van der Waals surface area contributed by atoms with Crippen LogP contribution < -0.4 is 20.4 Å². The maximum Gasteiger partial charge on any atom is 0.305 e. The standard InChI is InChI=1S/C32H38N4O5.ClH/c1-21-17-18-23-11-5-6-12-24(23)25(21)19-36-28-14-8-7-13-27(28)35(29(37)15-9-10-16-30(38)41-4)20-26(32(36)40)34-31(39)22(2)33-3;/h5-8,11-14,17-18,22,26,33H,9-10,15-16,19-20H2,1-4H3,(H,34,39);1H/t22-,26-;/m0./s1. The average molecular weight is 595 g/mol. The Hall–Kier alpha value is -3.95. The number of hydrogen-bond acceptors (Lipinski definition) is 6. The van der Waals surface area contributed by atoms with Crippen molar-refractivity contribution in [2.45, 2.75) is 58.2 Å². The van der Waals surface area contributed by atoms with Crippen LogP contribution in [-0.4, -0.2) is 56.5 Å².